The molecule has 6 rings (SSSR count). The molecule has 0 spiro atoms. The highest BCUT2D eigenvalue weighted by atomic mass is 16.5. The largest absolute Gasteiger partial charge is 0.469 e. The van der Waals surface area contributed by atoms with Gasteiger partial charge < -0.3 is 10.1 Å². The second-order valence-electron chi connectivity index (χ2n) is 7.73. The Balaban J connectivity index is 1.84. The van der Waals surface area contributed by atoms with Crippen molar-refractivity contribution in [3.8, 4) is 0 Å². The Morgan fingerprint density at radius 1 is 1.12 bits per heavy atom. The number of hydrogen-bond acceptors (Lipinski definition) is 3. The lowest BCUT2D eigenvalue weighted by Crippen LogP contribution is -2.60. The van der Waals surface area contributed by atoms with Crippen molar-refractivity contribution in [3.05, 3.63) is 71.3 Å². The van der Waals surface area contributed by atoms with Gasteiger partial charge in [-0.15, -0.1) is 0 Å². The average Bonchev–Trinajstić information content (AvgIpc) is 3.16. The summed E-state index contributed by atoms with van der Waals surface area (Å²) in [5, 5.41) is 3.55. The molecule has 4 atom stereocenters. The second kappa shape index (κ2) is 5.18. The summed E-state index contributed by atoms with van der Waals surface area (Å²) in [6.07, 6.45) is 2.14. The van der Waals surface area contributed by atoms with E-state index in [4.69, 9.17) is 4.74 Å². The molecule has 1 heterocycles. The Kier molecular flexibility index (Phi) is 3.14. The minimum Gasteiger partial charge on any atom is -0.469 e. The summed E-state index contributed by atoms with van der Waals surface area (Å²) in [5.74, 6) is 0.451. The zero-order valence-electron chi connectivity index (χ0n) is 14.5. The number of ether oxygens (including phenoxy) is 1. The summed E-state index contributed by atoms with van der Waals surface area (Å²) in [6.45, 7) is 1.59. The number of carbonyl (C=O) groups excluding carboxylic acids is 1. The van der Waals surface area contributed by atoms with Gasteiger partial charge in [0, 0.05) is 30.3 Å². The Morgan fingerprint density at radius 2 is 1.88 bits per heavy atom. The molecule has 4 aliphatic rings. The van der Waals surface area contributed by atoms with Gasteiger partial charge >= 0.3 is 5.97 Å². The van der Waals surface area contributed by atoms with E-state index in [0.29, 0.717) is 0 Å². The molecule has 25 heavy (non-hydrogen) atoms. The first-order valence-electron chi connectivity index (χ1n) is 9.19. The minimum atomic E-state index is -0.447. The molecule has 4 unspecified atom stereocenters. The highest BCUT2D eigenvalue weighted by molar-refractivity contribution is 5.82. The fourth-order valence-corrected chi connectivity index (χ4v) is 6.26. The van der Waals surface area contributed by atoms with Crippen molar-refractivity contribution in [1.82, 2.24) is 5.32 Å². The van der Waals surface area contributed by atoms with E-state index in [2.05, 4.69) is 59.9 Å². The van der Waals surface area contributed by atoms with E-state index >= 15 is 0 Å². The van der Waals surface area contributed by atoms with Gasteiger partial charge in [-0.3, -0.25) is 4.79 Å². The van der Waals surface area contributed by atoms with Gasteiger partial charge in [0.15, 0.2) is 0 Å². The van der Waals surface area contributed by atoms with Gasteiger partial charge in [0.2, 0.25) is 0 Å². The van der Waals surface area contributed by atoms with Gasteiger partial charge in [0.25, 0.3) is 0 Å². The molecule has 0 amide bonds. The number of benzene rings is 2. The zero-order valence-corrected chi connectivity index (χ0v) is 14.5. The van der Waals surface area contributed by atoms with Crippen LogP contribution >= 0.6 is 0 Å². The molecular formula is C22H23NO2. The molecule has 1 saturated heterocycles. The third-order valence-electron chi connectivity index (χ3n) is 7.10. The summed E-state index contributed by atoms with van der Waals surface area (Å²) in [5.41, 5.74) is 3.55. The van der Waals surface area contributed by atoms with Crippen LogP contribution in [0.3, 0.4) is 0 Å². The first-order valence-corrected chi connectivity index (χ1v) is 9.19. The van der Waals surface area contributed by atoms with Crippen LogP contribution in [-0.2, 0) is 14.9 Å². The lowest BCUT2D eigenvalue weighted by molar-refractivity contribution is -0.161. The predicted molar refractivity (Wildman–Crippen MR) is 96.4 cm³/mol. The average molecular weight is 333 g/mol. The van der Waals surface area contributed by atoms with Crippen molar-refractivity contribution < 1.29 is 9.53 Å². The van der Waals surface area contributed by atoms with Gasteiger partial charge in [-0.25, -0.2) is 0 Å². The van der Waals surface area contributed by atoms with Gasteiger partial charge in [-0.2, -0.15) is 0 Å². The lowest BCUT2D eigenvalue weighted by atomic mass is 9.42. The van der Waals surface area contributed by atoms with Crippen molar-refractivity contribution in [2.75, 3.05) is 20.2 Å². The Bertz CT molecular complexity index is 833. The van der Waals surface area contributed by atoms with Crippen LogP contribution in [0, 0.1) is 11.3 Å². The quantitative estimate of drug-likeness (QED) is 0.858. The normalized spacial score (nSPS) is 35.1. The number of rotatable bonds is 2. The molecular weight excluding hydrogens is 310 g/mol. The van der Waals surface area contributed by atoms with E-state index in [9.17, 15) is 4.79 Å². The van der Waals surface area contributed by atoms with E-state index in [1.807, 2.05) is 0 Å². The van der Waals surface area contributed by atoms with Crippen molar-refractivity contribution in [1.29, 1.82) is 0 Å². The van der Waals surface area contributed by atoms with Gasteiger partial charge in [-0.1, -0.05) is 54.6 Å². The zero-order chi connectivity index (χ0) is 17.1. The van der Waals surface area contributed by atoms with Crippen LogP contribution in [0.4, 0.5) is 0 Å². The van der Waals surface area contributed by atoms with Gasteiger partial charge in [0.1, 0.15) is 0 Å². The molecule has 3 heteroatoms. The maximum atomic E-state index is 13.1. The molecule has 2 bridgehead atoms. The first-order chi connectivity index (χ1) is 12.2. The monoisotopic (exact) mass is 333 g/mol. The van der Waals surface area contributed by atoms with Crippen LogP contribution in [-0.4, -0.2) is 26.2 Å². The number of carbonyl (C=O) groups is 1. The van der Waals surface area contributed by atoms with Crippen molar-refractivity contribution in [3.63, 3.8) is 0 Å². The van der Waals surface area contributed by atoms with Crippen LogP contribution in [0.15, 0.2) is 54.6 Å². The highest BCUT2D eigenvalue weighted by Gasteiger charge is 2.69. The summed E-state index contributed by atoms with van der Waals surface area (Å²) in [7, 11) is 1.54. The molecule has 2 aromatic carbocycles. The summed E-state index contributed by atoms with van der Waals surface area (Å²) >= 11 is 0. The maximum absolute atomic E-state index is 13.1. The number of hydrogen-bond donors (Lipinski definition) is 1. The third kappa shape index (κ3) is 1.67. The molecule has 0 radical (unpaired) electrons. The van der Waals surface area contributed by atoms with Crippen LogP contribution < -0.4 is 5.32 Å². The van der Waals surface area contributed by atoms with Crippen LogP contribution in [0.25, 0.3) is 0 Å². The van der Waals surface area contributed by atoms with E-state index in [0.717, 1.165) is 25.9 Å². The molecule has 1 aliphatic heterocycles. The van der Waals surface area contributed by atoms with E-state index < -0.39 is 5.41 Å². The maximum Gasteiger partial charge on any atom is 0.314 e. The van der Waals surface area contributed by atoms with Crippen LogP contribution in [0.1, 0.15) is 35.4 Å². The molecule has 3 nitrogen and oxygen atoms in total. The second-order valence-corrected chi connectivity index (χ2v) is 7.73. The topological polar surface area (TPSA) is 38.3 Å². The molecule has 2 aromatic rings. The molecule has 1 N–H and O–H groups in total. The van der Waals surface area contributed by atoms with Crippen molar-refractivity contribution >= 4 is 5.97 Å². The highest BCUT2D eigenvalue weighted by Crippen LogP contribution is 2.67. The summed E-state index contributed by atoms with van der Waals surface area (Å²) in [6, 6.07) is 19.6. The molecule has 1 saturated carbocycles. The first kappa shape index (κ1) is 15.2. The Hall–Kier alpha value is -2.13. The smallest absolute Gasteiger partial charge is 0.314 e. The Morgan fingerprint density at radius 3 is 2.68 bits per heavy atom. The van der Waals surface area contributed by atoms with Crippen molar-refractivity contribution in [2.45, 2.75) is 24.2 Å². The standard InChI is InChI=1S/C22H23NO2/c1-25-20(24)22-14-23-13-19(22)21(15-7-3-2-4-8-15)12-11-18(22)16-9-5-6-10-17(16)21/h2-10,18-19,23H,11-14H2,1H3. The van der Waals surface area contributed by atoms with Crippen LogP contribution in [0.5, 0.6) is 0 Å². The van der Waals surface area contributed by atoms with E-state index in [1.54, 1.807) is 0 Å². The molecule has 2 fully saturated rings. The molecule has 3 aliphatic carbocycles. The third-order valence-corrected chi connectivity index (χ3v) is 7.10. The molecule has 0 aromatic heterocycles. The van der Waals surface area contributed by atoms with E-state index in [1.165, 1.54) is 23.8 Å². The summed E-state index contributed by atoms with van der Waals surface area (Å²) < 4.78 is 5.36. The fraction of sp³-hybridized carbons (Fsp3) is 0.409. The fourth-order valence-electron chi connectivity index (χ4n) is 6.26. The number of fused-ring (bicyclic) bond motifs is 1. The van der Waals surface area contributed by atoms with Crippen molar-refractivity contribution in [2.24, 2.45) is 11.3 Å². The van der Waals surface area contributed by atoms with Gasteiger partial charge in [-0.05, 0) is 29.5 Å². The lowest BCUT2D eigenvalue weighted by Gasteiger charge is -2.59. The van der Waals surface area contributed by atoms with E-state index in [-0.39, 0.29) is 23.2 Å². The predicted octanol–water partition coefficient (Wildman–Crippen LogP) is 3.24. The Labute approximate surface area is 148 Å². The number of nitrogens with one attached hydrogen (secondary N) is 1. The summed E-state index contributed by atoms with van der Waals surface area (Å²) in [4.78, 5) is 13.1. The van der Waals surface area contributed by atoms with Crippen LogP contribution in [0.2, 0.25) is 0 Å². The minimum absolute atomic E-state index is 0.0398. The number of esters is 1. The number of methoxy groups -OCH3 is 1. The SMILES string of the molecule is COC(=O)C12CNCC1C1(c3ccccc3)CCC2c2ccccc21. The molecule has 128 valence electrons. The van der Waals surface area contributed by atoms with Gasteiger partial charge in [0.05, 0.1) is 12.5 Å².